The molecule has 1 atom stereocenters. The van der Waals surface area contributed by atoms with E-state index in [-0.39, 0.29) is 30.4 Å². The number of amides is 1. The Kier molecular flexibility index (Phi) is 8.27. The Labute approximate surface area is 137 Å². The van der Waals surface area contributed by atoms with Gasteiger partial charge in [0.05, 0.1) is 6.04 Å². The van der Waals surface area contributed by atoms with Gasteiger partial charge in [0.2, 0.25) is 5.91 Å². The number of halogens is 4. The number of likely N-dealkylation sites (N-methyl/N-ethyl adjacent to an activating group) is 1. The molecule has 0 saturated heterocycles. The predicted octanol–water partition coefficient (Wildman–Crippen LogP) is 1.90. The third kappa shape index (κ3) is 5.69. The molecule has 128 valence electrons. The van der Waals surface area contributed by atoms with E-state index < -0.39 is 17.9 Å². The van der Waals surface area contributed by atoms with Gasteiger partial charge < -0.3 is 10.6 Å². The van der Waals surface area contributed by atoms with E-state index in [0.29, 0.717) is 6.42 Å². The summed E-state index contributed by atoms with van der Waals surface area (Å²) < 4.78 is 39.6. The Balaban J connectivity index is 0.00000441. The smallest absolute Gasteiger partial charge is 0.340 e. The van der Waals surface area contributed by atoms with Crippen LogP contribution in [0.1, 0.15) is 17.7 Å². The molecule has 0 fully saturated rings. The van der Waals surface area contributed by atoms with Gasteiger partial charge in [-0.2, -0.15) is 30.0 Å². The summed E-state index contributed by atoms with van der Waals surface area (Å²) in [4.78, 5) is 13.2. The van der Waals surface area contributed by atoms with Crippen LogP contribution in [0.25, 0.3) is 0 Å². The van der Waals surface area contributed by atoms with Gasteiger partial charge in [-0.1, -0.05) is 0 Å². The van der Waals surface area contributed by atoms with E-state index in [0.717, 1.165) is 10.4 Å². The number of nitrogens with zero attached hydrogens (tertiary/aromatic N) is 3. The molecule has 1 aromatic rings. The SMILES string of the molecule is CSCCC(N)C(=O)N(C)Cc1cn(C)nc1C(F)(F)F.Cl. The number of carbonyl (C=O) groups is 1. The van der Waals surface area contributed by atoms with Crippen molar-refractivity contribution in [2.75, 3.05) is 19.1 Å². The first-order chi connectivity index (χ1) is 9.66. The van der Waals surface area contributed by atoms with E-state index >= 15 is 0 Å². The lowest BCUT2D eigenvalue weighted by Crippen LogP contribution is -2.41. The second kappa shape index (κ2) is 8.64. The molecule has 22 heavy (non-hydrogen) atoms. The maximum atomic E-state index is 12.8. The molecule has 1 unspecified atom stereocenters. The highest BCUT2D eigenvalue weighted by molar-refractivity contribution is 7.98. The first kappa shape index (κ1) is 21.1. The minimum atomic E-state index is -4.54. The summed E-state index contributed by atoms with van der Waals surface area (Å²) in [7, 11) is 2.85. The van der Waals surface area contributed by atoms with Crippen LogP contribution in [0.3, 0.4) is 0 Å². The van der Waals surface area contributed by atoms with Crippen LogP contribution < -0.4 is 5.73 Å². The molecule has 0 aliphatic carbocycles. The maximum absolute atomic E-state index is 12.8. The van der Waals surface area contributed by atoms with E-state index in [9.17, 15) is 18.0 Å². The normalized spacial score (nSPS) is 12.7. The Morgan fingerprint density at radius 1 is 1.55 bits per heavy atom. The highest BCUT2D eigenvalue weighted by Crippen LogP contribution is 2.31. The van der Waals surface area contributed by atoms with Crippen LogP contribution in [0.15, 0.2) is 6.20 Å². The molecule has 0 bridgehead atoms. The van der Waals surface area contributed by atoms with Crippen molar-refractivity contribution < 1.29 is 18.0 Å². The number of aryl methyl sites for hydroxylation is 1. The molecule has 0 radical (unpaired) electrons. The number of hydrogen-bond donors (Lipinski definition) is 1. The Hall–Kier alpha value is -0.930. The van der Waals surface area contributed by atoms with Crippen LogP contribution in [0.4, 0.5) is 13.2 Å². The van der Waals surface area contributed by atoms with Gasteiger partial charge >= 0.3 is 6.18 Å². The number of rotatable bonds is 6. The molecule has 1 amide bonds. The number of nitrogens with two attached hydrogens (primary N) is 1. The average molecular weight is 361 g/mol. The van der Waals surface area contributed by atoms with Gasteiger partial charge in [0.25, 0.3) is 0 Å². The average Bonchev–Trinajstić information content (AvgIpc) is 2.75. The van der Waals surface area contributed by atoms with Crippen molar-refractivity contribution in [3.63, 3.8) is 0 Å². The van der Waals surface area contributed by atoms with Crippen LogP contribution in [0, 0.1) is 0 Å². The zero-order valence-electron chi connectivity index (χ0n) is 12.6. The first-order valence-corrected chi connectivity index (χ1v) is 7.65. The molecule has 1 heterocycles. The first-order valence-electron chi connectivity index (χ1n) is 6.26. The Bertz CT molecular complexity index is 495. The van der Waals surface area contributed by atoms with Crippen molar-refractivity contribution in [1.29, 1.82) is 0 Å². The Morgan fingerprint density at radius 3 is 2.64 bits per heavy atom. The maximum Gasteiger partial charge on any atom is 0.435 e. The minimum Gasteiger partial charge on any atom is -0.340 e. The second-order valence-corrected chi connectivity index (χ2v) is 5.74. The summed E-state index contributed by atoms with van der Waals surface area (Å²) in [5.41, 5.74) is 4.73. The lowest BCUT2D eigenvalue weighted by molar-refractivity contribution is -0.143. The molecule has 1 aromatic heterocycles. The van der Waals surface area contributed by atoms with E-state index in [1.165, 1.54) is 25.2 Å². The molecule has 0 aromatic carbocycles. The zero-order valence-corrected chi connectivity index (χ0v) is 14.2. The van der Waals surface area contributed by atoms with Gasteiger partial charge in [0.1, 0.15) is 0 Å². The molecule has 1 rings (SSSR count). The summed E-state index contributed by atoms with van der Waals surface area (Å²) in [6, 6.07) is -0.701. The summed E-state index contributed by atoms with van der Waals surface area (Å²) >= 11 is 1.56. The molecule has 0 aliphatic rings. The van der Waals surface area contributed by atoms with Gasteiger partial charge in [-0.15, -0.1) is 12.4 Å². The molecule has 5 nitrogen and oxygen atoms in total. The van der Waals surface area contributed by atoms with E-state index in [4.69, 9.17) is 5.73 Å². The van der Waals surface area contributed by atoms with Gasteiger partial charge in [0.15, 0.2) is 5.69 Å². The summed E-state index contributed by atoms with van der Waals surface area (Å²) in [6.45, 7) is -0.172. The van der Waals surface area contributed by atoms with Crippen LogP contribution in [0.5, 0.6) is 0 Å². The highest BCUT2D eigenvalue weighted by atomic mass is 35.5. The molecule has 2 N–H and O–H groups in total. The molecule has 10 heteroatoms. The summed E-state index contributed by atoms with van der Waals surface area (Å²) in [6.07, 6.45) is -0.892. The van der Waals surface area contributed by atoms with E-state index in [2.05, 4.69) is 5.10 Å². The van der Waals surface area contributed by atoms with Crippen LogP contribution in [0.2, 0.25) is 0 Å². The van der Waals surface area contributed by atoms with Crippen LogP contribution in [-0.2, 0) is 24.6 Å². The number of thioether (sulfide) groups is 1. The lowest BCUT2D eigenvalue weighted by Gasteiger charge is -2.21. The van der Waals surface area contributed by atoms with Crippen molar-refractivity contribution in [2.24, 2.45) is 12.8 Å². The fraction of sp³-hybridized carbons (Fsp3) is 0.667. The number of carbonyl (C=O) groups excluding carboxylic acids is 1. The Morgan fingerprint density at radius 2 is 2.14 bits per heavy atom. The van der Waals surface area contributed by atoms with Gasteiger partial charge in [-0.25, -0.2) is 0 Å². The van der Waals surface area contributed by atoms with Gasteiger partial charge in [-0.05, 0) is 18.4 Å². The number of hydrogen-bond acceptors (Lipinski definition) is 4. The largest absolute Gasteiger partial charge is 0.435 e. The summed E-state index contributed by atoms with van der Waals surface area (Å²) in [5.74, 6) is 0.350. The third-order valence-corrected chi connectivity index (χ3v) is 3.55. The molecule has 0 aliphatic heterocycles. The molecular weight excluding hydrogens is 341 g/mol. The third-order valence-electron chi connectivity index (χ3n) is 2.91. The van der Waals surface area contributed by atoms with Gasteiger partial charge in [0, 0.05) is 32.4 Å². The van der Waals surface area contributed by atoms with E-state index in [1.807, 2.05) is 6.26 Å². The molecule has 0 saturated carbocycles. The summed E-state index contributed by atoms with van der Waals surface area (Å²) in [5, 5.41) is 3.41. The fourth-order valence-corrected chi connectivity index (χ4v) is 2.37. The van der Waals surface area contributed by atoms with E-state index in [1.54, 1.807) is 11.8 Å². The highest BCUT2D eigenvalue weighted by Gasteiger charge is 2.37. The fourth-order valence-electron chi connectivity index (χ4n) is 1.88. The zero-order chi connectivity index (χ0) is 16.2. The lowest BCUT2D eigenvalue weighted by atomic mass is 10.2. The number of alkyl halides is 3. The van der Waals surface area contributed by atoms with Crippen molar-refractivity contribution in [2.45, 2.75) is 25.2 Å². The molecular formula is C12H20ClF3N4OS. The molecule has 0 spiro atoms. The monoisotopic (exact) mass is 360 g/mol. The predicted molar refractivity (Wildman–Crippen MR) is 82.9 cm³/mol. The van der Waals surface area contributed by atoms with Gasteiger partial charge in [-0.3, -0.25) is 9.48 Å². The topological polar surface area (TPSA) is 64.2 Å². The van der Waals surface area contributed by atoms with Crippen LogP contribution >= 0.6 is 24.2 Å². The van der Waals surface area contributed by atoms with Crippen LogP contribution in [-0.4, -0.2) is 45.7 Å². The number of aromatic nitrogens is 2. The minimum absolute atomic E-state index is 0. The standard InChI is InChI=1S/C12H19F3N4OS.ClH/c1-18(11(20)9(16)4-5-21-3)6-8-7-19(2)17-10(8)12(13,14)15;/h7,9H,4-6,16H2,1-3H3;1H. The van der Waals surface area contributed by atoms with Crippen molar-refractivity contribution in [1.82, 2.24) is 14.7 Å². The van der Waals surface area contributed by atoms with Crippen molar-refractivity contribution >= 4 is 30.1 Å². The quantitative estimate of drug-likeness (QED) is 0.841. The second-order valence-electron chi connectivity index (χ2n) is 4.76. The van der Waals surface area contributed by atoms with Crippen molar-refractivity contribution in [3.8, 4) is 0 Å². The van der Waals surface area contributed by atoms with Crippen molar-refractivity contribution in [3.05, 3.63) is 17.5 Å².